The molecule has 0 aromatic carbocycles. The maximum atomic E-state index is 11.2. The second-order valence-electron chi connectivity index (χ2n) is 3.77. The molecule has 0 aliphatic rings. The van der Waals surface area contributed by atoms with Gasteiger partial charge in [0.2, 0.25) is 0 Å². The first-order chi connectivity index (χ1) is 7.61. The third-order valence-electron chi connectivity index (χ3n) is 2.24. The van der Waals surface area contributed by atoms with Gasteiger partial charge in [0.25, 0.3) is 0 Å². The summed E-state index contributed by atoms with van der Waals surface area (Å²) in [6.07, 6.45) is 5.94. The lowest BCUT2D eigenvalue weighted by molar-refractivity contribution is -0.145. The van der Waals surface area contributed by atoms with E-state index in [0.29, 0.717) is 6.04 Å². The minimum absolute atomic E-state index is 0.0501. The predicted octanol–water partition coefficient (Wildman–Crippen LogP) is 1.53. The van der Waals surface area contributed by atoms with Crippen molar-refractivity contribution in [2.24, 2.45) is 5.92 Å². The Morgan fingerprint density at radius 1 is 1.56 bits per heavy atom. The van der Waals surface area contributed by atoms with E-state index in [1.54, 1.807) is 11.8 Å². The molecule has 0 rings (SSSR count). The first-order valence-electron chi connectivity index (χ1n) is 5.44. The second-order valence-corrected chi connectivity index (χ2v) is 4.88. The first-order valence-corrected chi connectivity index (χ1v) is 6.59. The number of terminal acetylenes is 1. The average Bonchev–Trinajstić information content (AvgIpc) is 2.27. The zero-order valence-electron chi connectivity index (χ0n) is 10.3. The quantitative estimate of drug-likeness (QED) is 0.398. The molecule has 0 aromatic heterocycles. The SMILES string of the molecule is C#CCSCCNC(C)CC(C)C(=O)OC. The zero-order valence-corrected chi connectivity index (χ0v) is 11.1. The number of hydrogen-bond acceptors (Lipinski definition) is 4. The molecule has 0 bridgehead atoms. The third-order valence-corrected chi connectivity index (χ3v) is 3.10. The van der Waals surface area contributed by atoms with Crippen LogP contribution in [0.4, 0.5) is 0 Å². The number of carbonyl (C=O) groups is 1. The van der Waals surface area contributed by atoms with Crippen molar-refractivity contribution in [2.45, 2.75) is 26.3 Å². The normalized spacial score (nSPS) is 13.9. The Labute approximate surface area is 103 Å². The standard InChI is InChI=1S/C12H21NO2S/c1-5-7-16-8-6-13-11(3)9-10(2)12(14)15-4/h1,10-11,13H,6-9H2,2-4H3. The average molecular weight is 243 g/mol. The highest BCUT2D eigenvalue weighted by molar-refractivity contribution is 7.99. The number of rotatable bonds is 8. The number of carbonyl (C=O) groups excluding carboxylic acids is 1. The topological polar surface area (TPSA) is 38.3 Å². The van der Waals surface area contributed by atoms with Crippen LogP contribution in [0.2, 0.25) is 0 Å². The molecule has 0 amide bonds. The van der Waals surface area contributed by atoms with E-state index in [4.69, 9.17) is 6.42 Å². The molecular weight excluding hydrogens is 222 g/mol. The summed E-state index contributed by atoms with van der Waals surface area (Å²) < 4.78 is 4.68. The number of methoxy groups -OCH3 is 1. The molecular formula is C12H21NO2S. The van der Waals surface area contributed by atoms with E-state index in [9.17, 15) is 4.79 Å². The Kier molecular flexibility index (Phi) is 9.16. The lowest BCUT2D eigenvalue weighted by Crippen LogP contribution is -2.31. The fourth-order valence-corrected chi connectivity index (χ4v) is 1.94. The van der Waals surface area contributed by atoms with Gasteiger partial charge in [0, 0.05) is 18.3 Å². The molecule has 92 valence electrons. The van der Waals surface area contributed by atoms with Crippen LogP contribution >= 0.6 is 11.8 Å². The van der Waals surface area contributed by atoms with Gasteiger partial charge in [0.05, 0.1) is 18.8 Å². The van der Waals surface area contributed by atoms with Crippen molar-refractivity contribution in [3.05, 3.63) is 0 Å². The molecule has 3 nitrogen and oxygen atoms in total. The van der Waals surface area contributed by atoms with Crippen LogP contribution in [-0.2, 0) is 9.53 Å². The second kappa shape index (κ2) is 9.56. The van der Waals surface area contributed by atoms with Gasteiger partial charge in [-0.3, -0.25) is 4.79 Å². The largest absolute Gasteiger partial charge is 0.469 e. The van der Waals surface area contributed by atoms with Crippen LogP contribution < -0.4 is 5.32 Å². The van der Waals surface area contributed by atoms with E-state index in [1.165, 1.54) is 7.11 Å². The summed E-state index contributed by atoms with van der Waals surface area (Å²) in [5.74, 6) is 4.15. The van der Waals surface area contributed by atoms with Crippen molar-refractivity contribution < 1.29 is 9.53 Å². The molecule has 0 spiro atoms. The van der Waals surface area contributed by atoms with Crippen LogP contribution in [0, 0.1) is 18.3 Å². The molecule has 2 unspecified atom stereocenters. The fourth-order valence-electron chi connectivity index (χ4n) is 1.42. The minimum Gasteiger partial charge on any atom is -0.469 e. The first kappa shape index (κ1) is 15.3. The van der Waals surface area contributed by atoms with Crippen molar-refractivity contribution in [3.63, 3.8) is 0 Å². The Hall–Kier alpha value is -0.660. The van der Waals surface area contributed by atoms with Gasteiger partial charge in [-0.25, -0.2) is 0 Å². The maximum Gasteiger partial charge on any atom is 0.308 e. The lowest BCUT2D eigenvalue weighted by atomic mass is 10.0. The van der Waals surface area contributed by atoms with Crippen LogP contribution in [0.25, 0.3) is 0 Å². The van der Waals surface area contributed by atoms with Gasteiger partial charge in [-0.2, -0.15) is 0 Å². The molecule has 0 saturated carbocycles. The smallest absolute Gasteiger partial charge is 0.308 e. The van der Waals surface area contributed by atoms with Gasteiger partial charge in [-0.15, -0.1) is 18.2 Å². The lowest BCUT2D eigenvalue weighted by Gasteiger charge is -2.16. The number of ether oxygens (including phenoxy) is 1. The van der Waals surface area contributed by atoms with E-state index >= 15 is 0 Å². The van der Waals surface area contributed by atoms with E-state index < -0.39 is 0 Å². The molecule has 0 aliphatic carbocycles. The van der Waals surface area contributed by atoms with Crippen LogP contribution in [0.3, 0.4) is 0 Å². The van der Waals surface area contributed by atoms with E-state index in [2.05, 4.69) is 22.9 Å². The summed E-state index contributed by atoms with van der Waals surface area (Å²) in [5, 5.41) is 3.35. The van der Waals surface area contributed by atoms with Crippen molar-refractivity contribution >= 4 is 17.7 Å². The number of esters is 1. The monoisotopic (exact) mass is 243 g/mol. The molecule has 0 aromatic rings. The van der Waals surface area contributed by atoms with Crippen molar-refractivity contribution in [3.8, 4) is 12.3 Å². The van der Waals surface area contributed by atoms with Gasteiger partial charge < -0.3 is 10.1 Å². The molecule has 16 heavy (non-hydrogen) atoms. The summed E-state index contributed by atoms with van der Waals surface area (Å²) in [4.78, 5) is 11.2. The van der Waals surface area contributed by atoms with Crippen molar-refractivity contribution in [1.82, 2.24) is 5.32 Å². The van der Waals surface area contributed by atoms with Crippen molar-refractivity contribution in [1.29, 1.82) is 0 Å². The summed E-state index contributed by atoms with van der Waals surface area (Å²) in [7, 11) is 1.42. The molecule has 0 aliphatic heterocycles. The zero-order chi connectivity index (χ0) is 12.4. The Bertz CT molecular complexity index is 238. The highest BCUT2D eigenvalue weighted by atomic mass is 32.2. The van der Waals surface area contributed by atoms with Crippen LogP contribution in [-0.4, -0.2) is 37.2 Å². The summed E-state index contributed by atoms with van der Waals surface area (Å²) in [5.41, 5.74) is 0. The maximum absolute atomic E-state index is 11.2. The van der Waals surface area contributed by atoms with E-state index in [-0.39, 0.29) is 11.9 Å². The summed E-state index contributed by atoms with van der Waals surface area (Å²) in [6, 6.07) is 0.320. The highest BCUT2D eigenvalue weighted by Gasteiger charge is 2.15. The Balaban J connectivity index is 3.54. The molecule has 1 N–H and O–H groups in total. The fraction of sp³-hybridized carbons (Fsp3) is 0.750. The Morgan fingerprint density at radius 3 is 2.81 bits per heavy atom. The molecule has 0 fully saturated rings. The van der Waals surface area contributed by atoms with Crippen LogP contribution in [0.1, 0.15) is 20.3 Å². The van der Waals surface area contributed by atoms with E-state index in [1.807, 2.05) is 6.92 Å². The van der Waals surface area contributed by atoms with Gasteiger partial charge in [-0.05, 0) is 13.3 Å². The summed E-state index contributed by atoms with van der Waals surface area (Å²) in [6.45, 7) is 4.88. The van der Waals surface area contributed by atoms with Crippen LogP contribution in [0.5, 0.6) is 0 Å². The molecule has 2 atom stereocenters. The number of nitrogens with one attached hydrogen (secondary N) is 1. The molecule has 0 saturated heterocycles. The Morgan fingerprint density at radius 2 is 2.25 bits per heavy atom. The highest BCUT2D eigenvalue weighted by Crippen LogP contribution is 2.07. The predicted molar refractivity (Wildman–Crippen MR) is 69.4 cm³/mol. The summed E-state index contributed by atoms with van der Waals surface area (Å²) >= 11 is 1.73. The van der Waals surface area contributed by atoms with Crippen LogP contribution in [0.15, 0.2) is 0 Å². The van der Waals surface area contributed by atoms with E-state index in [0.717, 1.165) is 24.5 Å². The minimum atomic E-state index is -0.143. The number of hydrogen-bond donors (Lipinski definition) is 1. The van der Waals surface area contributed by atoms with Gasteiger partial charge in [0.15, 0.2) is 0 Å². The van der Waals surface area contributed by atoms with Gasteiger partial charge >= 0.3 is 5.97 Å². The number of thioether (sulfide) groups is 1. The molecule has 4 heteroatoms. The third kappa shape index (κ3) is 7.61. The van der Waals surface area contributed by atoms with Gasteiger partial charge in [-0.1, -0.05) is 12.8 Å². The molecule has 0 heterocycles. The van der Waals surface area contributed by atoms with Crippen molar-refractivity contribution in [2.75, 3.05) is 25.2 Å². The van der Waals surface area contributed by atoms with Gasteiger partial charge in [0.1, 0.15) is 0 Å². The molecule has 0 radical (unpaired) electrons.